The first-order valence-corrected chi connectivity index (χ1v) is 12.4. The molecule has 0 amide bonds. The maximum atomic E-state index is 11.6. The molecule has 0 radical (unpaired) electrons. The van der Waals surface area contributed by atoms with Crippen molar-refractivity contribution in [2.45, 2.75) is 18.2 Å². The number of rotatable bonds is 6. The number of aryl methyl sites for hydroxylation is 1. The number of halogens is 1. The summed E-state index contributed by atoms with van der Waals surface area (Å²) in [6, 6.07) is 14.4. The van der Waals surface area contributed by atoms with Gasteiger partial charge >= 0.3 is 0 Å². The Balaban J connectivity index is 0.000000302. The van der Waals surface area contributed by atoms with Crippen LogP contribution in [0, 0.1) is 6.92 Å². The summed E-state index contributed by atoms with van der Waals surface area (Å²) in [6.45, 7) is 2.01. The van der Waals surface area contributed by atoms with E-state index in [9.17, 15) is 8.42 Å². The normalized spacial score (nSPS) is 10.9. The van der Waals surface area contributed by atoms with Crippen LogP contribution in [0.3, 0.4) is 0 Å². The maximum Gasteiger partial charge on any atom is 0.231 e. The predicted octanol–water partition coefficient (Wildman–Crippen LogP) is 4.04. The number of nitrogens with two attached hydrogens (primary N) is 1. The third-order valence-electron chi connectivity index (χ3n) is 4.50. The van der Waals surface area contributed by atoms with Gasteiger partial charge in [-0.05, 0) is 37.1 Å². The van der Waals surface area contributed by atoms with Gasteiger partial charge in [0.05, 0.1) is 21.7 Å². The first-order valence-electron chi connectivity index (χ1n) is 10.1. The molecule has 4 N–H and O–H groups in total. The monoisotopic (exact) mass is 501 g/mol. The molecule has 0 spiro atoms. The molecular formula is C23H24ClN5O4S. The molecule has 2 heterocycles. The molecule has 4 aromatic rings. The van der Waals surface area contributed by atoms with Crippen molar-refractivity contribution in [1.82, 2.24) is 15.0 Å². The zero-order chi connectivity index (χ0) is 24.7. The molecule has 0 aliphatic carbocycles. The lowest BCUT2D eigenvalue weighted by Gasteiger charge is -2.09. The SMILES string of the molecule is Cc1cnc(-c2cnc(Nc3ccc(S(C)(=O)=O)c(Cl)c3)nc2N)o1.OCCc1ccccc1. The molecule has 0 aliphatic rings. The third-order valence-corrected chi connectivity index (χ3v) is 6.08. The Labute approximate surface area is 202 Å². The summed E-state index contributed by atoms with van der Waals surface area (Å²) in [6.07, 6.45) is 4.92. The quantitative estimate of drug-likeness (QED) is 0.356. The standard InChI is InChI=1S/C15H14ClN5O3S.C8H10O/c1-8-6-18-14(24-8)10-7-19-15(21-13(10)17)20-9-3-4-12(11(16)5-9)25(2,22)23;9-7-6-8-4-2-1-3-5-8/h3-7H,1-2H3,(H3,17,19,20,21);1-5,9H,6-7H2. The molecular weight excluding hydrogens is 478 g/mol. The van der Waals surface area contributed by atoms with Crippen molar-refractivity contribution in [2.24, 2.45) is 0 Å². The largest absolute Gasteiger partial charge is 0.441 e. The lowest BCUT2D eigenvalue weighted by Crippen LogP contribution is -2.03. The van der Waals surface area contributed by atoms with Gasteiger partial charge in [-0.3, -0.25) is 0 Å². The number of hydrogen-bond donors (Lipinski definition) is 3. The van der Waals surface area contributed by atoms with Crippen molar-refractivity contribution in [3.63, 3.8) is 0 Å². The van der Waals surface area contributed by atoms with Crippen LogP contribution in [-0.4, -0.2) is 41.3 Å². The Morgan fingerprint density at radius 2 is 1.85 bits per heavy atom. The van der Waals surface area contributed by atoms with E-state index in [-0.39, 0.29) is 28.3 Å². The van der Waals surface area contributed by atoms with E-state index in [1.807, 2.05) is 30.3 Å². The van der Waals surface area contributed by atoms with Crippen molar-refractivity contribution in [2.75, 3.05) is 23.9 Å². The van der Waals surface area contributed by atoms with Gasteiger partial charge in [-0.2, -0.15) is 4.98 Å². The molecule has 9 nitrogen and oxygen atoms in total. The highest BCUT2D eigenvalue weighted by molar-refractivity contribution is 7.90. The zero-order valence-electron chi connectivity index (χ0n) is 18.6. The van der Waals surface area contributed by atoms with E-state index in [4.69, 9.17) is 26.9 Å². The number of anilines is 3. The van der Waals surface area contributed by atoms with Gasteiger partial charge in [0.15, 0.2) is 9.84 Å². The summed E-state index contributed by atoms with van der Waals surface area (Å²) < 4.78 is 28.6. The van der Waals surface area contributed by atoms with Gasteiger partial charge in [0, 0.05) is 24.7 Å². The molecule has 2 aromatic heterocycles. The highest BCUT2D eigenvalue weighted by Gasteiger charge is 2.14. The first-order chi connectivity index (χ1) is 16.2. The van der Waals surface area contributed by atoms with Crippen LogP contribution < -0.4 is 11.1 Å². The van der Waals surface area contributed by atoms with Gasteiger partial charge in [-0.25, -0.2) is 18.4 Å². The Kier molecular flexibility index (Phi) is 8.21. The van der Waals surface area contributed by atoms with Gasteiger partial charge in [0.2, 0.25) is 11.8 Å². The molecule has 0 unspecified atom stereocenters. The maximum absolute atomic E-state index is 11.6. The second-order valence-electron chi connectivity index (χ2n) is 7.27. The predicted molar refractivity (Wildman–Crippen MR) is 132 cm³/mol. The number of aliphatic hydroxyl groups excluding tert-OH is 1. The summed E-state index contributed by atoms with van der Waals surface area (Å²) in [5.41, 5.74) is 8.13. The third kappa shape index (κ3) is 6.77. The van der Waals surface area contributed by atoms with E-state index in [2.05, 4.69) is 20.3 Å². The number of benzene rings is 2. The van der Waals surface area contributed by atoms with Gasteiger partial charge in [0.1, 0.15) is 11.6 Å². The van der Waals surface area contributed by atoms with E-state index in [0.717, 1.165) is 12.7 Å². The highest BCUT2D eigenvalue weighted by Crippen LogP contribution is 2.28. The first kappa shape index (κ1) is 25.2. The number of nitrogen functional groups attached to an aromatic ring is 1. The molecule has 34 heavy (non-hydrogen) atoms. The minimum Gasteiger partial charge on any atom is -0.441 e. The molecule has 0 saturated heterocycles. The molecule has 0 atom stereocenters. The van der Waals surface area contributed by atoms with Crippen LogP contribution in [0.15, 0.2) is 70.2 Å². The Bertz CT molecular complexity index is 1360. The molecule has 0 saturated carbocycles. The number of nitrogens with zero attached hydrogens (tertiary/aromatic N) is 3. The van der Waals surface area contributed by atoms with Crippen molar-refractivity contribution in [3.8, 4) is 11.5 Å². The topological polar surface area (TPSA) is 144 Å². The second-order valence-corrected chi connectivity index (χ2v) is 9.66. The second kappa shape index (κ2) is 11.1. The lowest BCUT2D eigenvalue weighted by atomic mass is 10.2. The van der Waals surface area contributed by atoms with Crippen LogP contribution in [-0.2, 0) is 16.3 Å². The molecule has 11 heteroatoms. The summed E-state index contributed by atoms with van der Waals surface area (Å²) in [5.74, 6) is 1.41. The average molecular weight is 502 g/mol. The van der Waals surface area contributed by atoms with Crippen LogP contribution >= 0.6 is 11.6 Å². The number of hydrogen-bond acceptors (Lipinski definition) is 9. The smallest absolute Gasteiger partial charge is 0.231 e. The van der Waals surface area contributed by atoms with Crippen LogP contribution in [0.4, 0.5) is 17.5 Å². The summed E-state index contributed by atoms with van der Waals surface area (Å²) in [5, 5.41) is 11.5. The van der Waals surface area contributed by atoms with E-state index in [1.165, 1.54) is 23.9 Å². The van der Waals surface area contributed by atoms with Crippen LogP contribution in [0.1, 0.15) is 11.3 Å². The number of aromatic nitrogens is 3. The number of sulfone groups is 1. The number of oxazole rings is 1. The van der Waals surface area contributed by atoms with E-state index < -0.39 is 9.84 Å². The van der Waals surface area contributed by atoms with Crippen molar-refractivity contribution < 1.29 is 17.9 Å². The van der Waals surface area contributed by atoms with Crippen molar-refractivity contribution >= 4 is 38.9 Å². The fourth-order valence-electron chi connectivity index (χ4n) is 2.88. The lowest BCUT2D eigenvalue weighted by molar-refractivity contribution is 0.299. The van der Waals surface area contributed by atoms with Crippen molar-refractivity contribution in [3.05, 3.63) is 77.3 Å². The van der Waals surface area contributed by atoms with Gasteiger partial charge < -0.3 is 20.6 Å². The van der Waals surface area contributed by atoms with Gasteiger partial charge in [0.25, 0.3) is 0 Å². The Morgan fingerprint density at radius 1 is 1.12 bits per heavy atom. The Morgan fingerprint density at radius 3 is 2.41 bits per heavy atom. The van der Waals surface area contributed by atoms with E-state index in [0.29, 0.717) is 22.9 Å². The minimum atomic E-state index is -3.39. The molecule has 0 aliphatic heterocycles. The fourth-order valence-corrected chi connectivity index (χ4v) is 4.21. The van der Waals surface area contributed by atoms with E-state index >= 15 is 0 Å². The number of aliphatic hydroxyl groups is 1. The molecule has 178 valence electrons. The van der Waals surface area contributed by atoms with Crippen LogP contribution in [0.25, 0.3) is 11.5 Å². The minimum absolute atomic E-state index is 0.0507. The van der Waals surface area contributed by atoms with Gasteiger partial charge in [-0.1, -0.05) is 41.9 Å². The molecule has 0 fully saturated rings. The average Bonchev–Trinajstić information content (AvgIpc) is 3.20. The van der Waals surface area contributed by atoms with Crippen molar-refractivity contribution in [1.29, 1.82) is 0 Å². The Hall–Kier alpha value is -3.47. The molecule has 0 bridgehead atoms. The van der Waals surface area contributed by atoms with Crippen LogP contribution in [0.5, 0.6) is 0 Å². The van der Waals surface area contributed by atoms with E-state index in [1.54, 1.807) is 19.2 Å². The molecule has 2 aromatic carbocycles. The summed E-state index contributed by atoms with van der Waals surface area (Å²) >= 11 is 6.01. The fraction of sp³-hybridized carbons (Fsp3) is 0.174. The summed E-state index contributed by atoms with van der Waals surface area (Å²) in [4.78, 5) is 12.4. The number of nitrogens with one attached hydrogen (secondary N) is 1. The van der Waals surface area contributed by atoms with Gasteiger partial charge in [-0.15, -0.1) is 0 Å². The summed E-state index contributed by atoms with van der Waals surface area (Å²) in [7, 11) is -3.39. The zero-order valence-corrected chi connectivity index (χ0v) is 20.1. The van der Waals surface area contributed by atoms with Crippen LogP contribution in [0.2, 0.25) is 5.02 Å². The molecule has 4 rings (SSSR count). The highest BCUT2D eigenvalue weighted by atomic mass is 35.5.